The molecule has 0 spiro atoms. The number of aromatic nitrogens is 1. The van der Waals surface area contributed by atoms with Gasteiger partial charge < -0.3 is 14.2 Å². The van der Waals surface area contributed by atoms with Crippen LogP contribution >= 0.6 is 0 Å². The van der Waals surface area contributed by atoms with Crippen molar-refractivity contribution < 1.29 is 19.0 Å². The number of fused-ring (bicyclic) bond motifs is 2. The average Bonchev–Trinajstić information content (AvgIpc) is 3.16. The van der Waals surface area contributed by atoms with E-state index in [4.69, 9.17) is 14.2 Å². The summed E-state index contributed by atoms with van der Waals surface area (Å²) < 4.78 is 16.3. The first kappa shape index (κ1) is 16.8. The van der Waals surface area contributed by atoms with Crippen molar-refractivity contribution >= 4 is 23.0 Å². The highest BCUT2D eigenvalue weighted by molar-refractivity contribution is 5.87. The second-order valence-corrected chi connectivity index (χ2v) is 5.94. The van der Waals surface area contributed by atoms with E-state index in [1.807, 2.05) is 30.3 Å². The zero-order chi connectivity index (χ0) is 18.6. The molecule has 7 nitrogen and oxygen atoms in total. The quantitative estimate of drug-likeness (QED) is 0.557. The number of carbonyl (C=O) groups is 1. The third-order valence-electron chi connectivity index (χ3n) is 4.05. The first-order chi connectivity index (χ1) is 13.2. The molecule has 0 aliphatic carbocycles. The van der Waals surface area contributed by atoms with E-state index in [1.165, 1.54) is 6.21 Å². The van der Waals surface area contributed by atoms with Gasteiger partial charge in [-0.05, 0) is 42.8 Å². The third kappa shape index (κ3) is 3.67. The summed E-state index contributed by atoms with van der Waals surface area (Å²) >= 11 is 0. The molecule has 3 aromatic rings. The molecule has 7 heteroatoms. The molecule has 4 rings (SSSR count). The Bertz CT molecular complexity index is 1010. The van der Waals surface area contributed by atoms with Crippen LogP contribution < -0.4 is 19.6 Å². The van der Waals surface area contributed by atoms with Gasteiger partial charge in [-0.1, -0.05) is 18.2 Å². The van der Waals surface area contributed by atoms with Crippen molar-refractivity contribution in [2.24, 2.45) is 5.10 Å². The highest BCUT2D eigenvalue weighted by Gasteiger charge is 2.16. The van der Waals surface area contributed by atoms with Crippen molar-refractivity contribution in [2.45, 2.75) is 13.0 Å². The molecule has 1 aliphatic rings. The largest absolute Gasteiger partial charge is 0.479 e. The number of benzene rings is 2. The number of carbonyl (C=O) groups excluding carboxylic acids is 1. The molecule has 1 atom stereocenters. The minimum Gasteiger partial charge on any atom is -0.479 e. The van der Waals surface area contributed by atoms with Gasteiger partial charge in [0, 0.05) is 11.6 Å². The summed E-state index contributed by atoms with van der Waals surface area (Å²) in [7, 11) is 0. The summed E-state index contributed by atoms with van der Waals surface area (Å²) in [6.07, 6.45) is 2.49. The van der Waals surface area contributed by atoms with Crippen molar-refractivity contribution in [1.29, 1.82) is 0 Å². The fourth-order valence-electron chi connectivity index (χ4n) is 2.67. The van der Waals surface area contributed by atoms with Crippen molar-refractivity contribution in [3.63, 3.8) is 0 Å². The molecule has 27 heavy (non-hydrogen) atoms. The van der Waals surface area contributed by atoms with Gasteiger partial charge in [-0.3, -0.25) is 9.78 Å². The molecule has 0 bridgehead atoms. The number of nitrogens with one attached hydrogen (secondary N) is 1. The molecule has 1 aromatic heterocycles. The predicted molar refractivity (Wildman–Crippen MR) is 100 cm³/mol. The standard InChI is InChI=1S/C20H17N3O4/c1-13(27-17-6-2-4-15-5-3-9-21-19(15)17)20(24)23-22-11-14-7-8-16-18(10-14)26-12-25-16/h2-11,13H,12H2,1H3,(H,23,24)/t13-/m1/s1. The van der Waals surface area contributed by atoms with Crippen LogP contribution in [0.3, 0.4) is 0 Å². The van der Waals surface area contributed by atoms with Gasteiger partial charge in [0.25, 0.3) is 5.91 Å². The molecular weight excluding hydrogens is 346 g/mol. The smallest absolute Gasteiger partial charge is 0.280 e. The van der Waals surface area contributed by atoms with Crippen LogP contribution in [0.2, 0.25) is 0 Å². The number of ether oxygens (including phenoxy) is 3. The highest BCUT2D eigenvalue weighted by Crippen LogP contribution is 2.32. The molecule has 2 heterocycles. The van der Waals surface area contributed by atoms with Crippen LogP contribution in [0, 0.1) is 0 Å². The molecule has 1 aliphatic heterocycles. The minimum absolute atomic E-state index is 0.213. The molecule has 0 unspecified atom stereocenters. The normalized spacial score (nSPS) is 13.7. The number of nitrogens with zero attached hydrogens (tertiary/aromatic N) is 2. The minimum atomic E-state index is -0.730. The van der Waals surface area contributed by atoms with Crippen LogP contribution in [0.15, 0.2) is 59.8 Å². The van der Waals surface area contributed by atoms with E-state index in [1.54, 1.807) is 31.3 Å². The molecule has 0 fully saturated rings. The summed E-state index contributed by atoms with van der Waals surface area (Å²) in [6, 6.07) is 14.8. The average molecular weight is 363 g/mol. The number of rotatable bonds is 5. The van der Waals surface area contributed by atoms with Gasteiger partial charge in [0.2, 0.25) is 6.79 Å². The summed E-state index contributed by atoms with van der Waals surface area (Å²) in [5.74, 6) is 1.54. The van der Waals surface area contributed by atoms with E-state index >= 15 is 0 Å². The van der Waals surface area contributed by atoms with Crippen LogP contribution in [-0.4, -0.2) is 30.0 Å². The molecule has 1 N–H and O–H groups in total. The Kier molecular flexibility index (Phi) is 4.57. The van der Waals surface area contributed by atoms with E-state index in [0.29, 0.717) is 22.8 Å². The lowest BCUT2D eigenvalue weighted by molar-refractivity contribution is -0.127. The van der Waals surface area contributed by atoms with Crippen molar-refractivity contribution in [1.82, 2.24) is 10.4 Å². The summed E-state index contributed by atoms with van der Waals surface area (Å²) in [5, 5.41) is 4.92. The fourth-order valence-corrected chi connectivity index (χ4v) is 2.67. The van der Waals surface area contributed by atoms with Gasteiger partial charge in [-0.15, -0.1) is 0 Å². The van der Waals surface area contributed by atoms with Crippen LogP contribution in [0.5, 0.6) is 17.2 Å². The van der Waals surface area contributed by atoms with Gasteiger partial charge in [0.1, 0.15) is 11.3 Å². The van der Waals surface area contributed by atoms with Crippen molar-refractivity contribution in [3.05, 3.63) is 60.3 Å². The predicted octanol–water partition coefficient (Wildman–Crippen LogP) is 2.88. The van der Waals surface area contributed by atoms with Crippen LogP contribution in [-0.2, 0) is 4.79 Å². The maximum Gasteiger partial charge on any atom is 0.280 e. The number of pyridine rings is 1. The number of hydrazone groups is 1. The number of hydrogen-bond donors (Lipinski definition) is 1. The van der Waals surface area contributed by atoms with Gasteiger partial charge in [-0.2, -0.15) is 5.10 Å². The van der Waals surface area contributed by atoms with Gasteiger partial charge >= 0.3 is 0 Å². The SMILES string of the molecule is C[C@@H](Oc1cccc2cccnc12)C(=O)NN=Cc1ccc2c(c1)OCO2. The Balaban J connectivity index is 1.39. The highest BCUT2D eigenvalue weighted by atomic mass is 16.7. The van der Waals surface area contributed by atoms with E-state index in [-0.39, 0.29) is 12.7 Å². The lowest BCUT2D eigenvalue weighted by Crippen LogP contribution is -2.33. The Labute approximate surface area is 155 Å². The van der Waals surface area contributed by atoms with Crippen LogP contribution in [0.4, 0.5) is 0 Å². The molecule has 1 amide bonds. The number of para-hydroxylation sites is 1. The third-order valence-corrected chi connectivity index (χ3v) is 4.05. The first-order valence-electron chi connectivity index (χ1n) is 8.44. The van der Waals surface area contributed by atoms with E-state index in [2.05, 4.69) is 15.5 Å². The maximum absolute atomic E-state index is 12.2. The first-order valence-corrected chi connectivity index (χ1v) is 8.44. The topological polar surface area (TPSA) is 82.0 Å². The van der Waals surface area contributed by atoms with E-state index in [0.717, 1.165) is 10.9 Å². The lowest BCUT2D eigenvalue weighted by atomic mass is 10.2. The molecule has 0 radical (unpaired) electrons. The molecular formula is C20H17N3O4. The van der Waals surface area contributed by atoms with Crippen molar-refractivity contribution in [2.75, 3.05) is 6.79 Å². The number of amides is 1. The Morgan fingerprint density at radius 3 is 3.00 bits per heavy atom. The summed E-state index contributed by atoms with van der Waals surface area (Å²) in [6.45, 7) is 1.87. The zero-order valence-electron chi connectivity index (χ0n) is 14.6. The van der Waals surface area contributed by atoms with Gasteiger partial charge in [0.05, 0.1) is 6.21 Å². The van der Waals surface area contributed by atoms with Gasteiger partial charge in [-0.25, -0.2) is 5.43 Å². The monoisotopic (exact) mass is 363 g/mol. The summed E-state index contributed by atoms with van der Waals surface area (Å²) in [4.78, 5) is 16.6. The molecule has 136 valence electrons. The van der Waals surface area contributed by atoms with Gasteiger partial charge in [0.15, 0.2) is 17.6 Å². The Morgan fingerprint density at radius 1 is 1.22 bits per heavy atom. The molecule has 0 saturated heterocycles. The molecule has 0 saturated carbocycles. The lowest BCUT2D eigenvalue weighted by Gasteiger charge is -2.14. The maximum atomic E-state index is 12.2. The Hall–Kier alpha value is -3.61. The van der Waals surface area contributed by atoms with Crippen LogP contribution in [0.1, 0.15) is 12.5 Å². The number of hydrogen-bond acceptors (Lipinski definition) is 6. The van der Waals surface area contributed by atoms with Crippen molar-refractivity contribution in [3.8, 4) is 17.2 Å². The second kappa shape index (κ2) is 7.33. The fraction of sp³-hybridized carbons (Fsp3) is 0.150. The Morgan fingerprint density at radius 2 is 2.07 bits per heavy atom. The molecule has 2 aromatic carbocycles. The van der Waals surface area contributed by atoms with Crippen LogP contribution in [0.25, 0.3) is 10.9 Å². The zero-order valence-corrected chi connectivity index (χ0v) is 14.6. The summed E-state index contributed by atoms with van der Waals surface area (Å²) in [5.41, 5.74) is 3.98. The second-order valence-electron chi connectivity index (χ2n) is 5.94. The van der Waals surface area contributed by atoms with E-state index < -0.39 is 6.10 Å². The van der Waals surface area contributed by atoms with E-state index in [9.17, 15) is 4.79 Å².